The molecule has 0 fully saturated rings. The van der Waals surface area contributed by atoms with Crippen molar-refractivity contribution in [2.24, 2.45) is 0 Å². The summed E-state index contributed by atoms with van der Waals surface area (Å²) in [5, 5.41) is 4.54. The Morgan fingerprint density at radius 3 is 2.86 bits per heavy atom. The third-order valence-corrected chi connectivity index (χ3v) is 3.90. The molecule has 2 aromatic heterocycles. The van der Waals surface area contributed by atoms with Crippen LogP contribution in [-0.4, -0.2) is 21.5 Å². The minimum Gasteiger partial charge on any atom is -0.304 e. The molecule has 0 saturated heterocycles. The fourth-order valence-electron chi connectivity index (χ4n) is 2.31. The highest BCUT2D eigenvalue weighted by atomic mass is 79.9. The molecule has 0 saturated carbocycles. The van der Waals surface area contributed by atoms with E-state index in [1.54, 1.807) is 18.6 Å². The van der Waals surface area contributed by atoms with Crippen molar-refractivity contribution >= 4 is 26.8 Å². The van der Waals surface area contributed by atoms with Crippen molar-refractivity contribution in [1.82, 2.24) is 20.3 Å². The Bertz CT molecular complexity index is 746. The average molecular weight is 343 g/mol. The van der Waals surface area contributed by atoms with Crippen LogP contribution in [0.15, 0.2) is 53.4 Å². The van der Waals surface area contributed by atoms with Gasteiger partial charge in [0.2, 0.25) is 0 Å². The van der Waals surface area contributed by atoms with Crippen LogP contribution in [0.1, 0.15) is 24.4 Å². The van der Waals surface area contributed by atoms with E-state index < -0.39 is 0 Å². The molecule has 0 aliphatic rings. The van der Waals surface area contributed by atoms with Gasteiger partial charge in [-0.25, -0.2) is 4.98 Å². The fraction of sp³-hybridized carbons (Fsp3) is 0.188. The standard InChI is InChI=1S/C16H15BrN4/c1-2-19-16(14-10-18-7-8-20-14)15-12(17)9-11-5-3-4-6-13(11)21-15/h3-10,16,19H,2H2,1H3. The predicted molar refractivity (Wildman–Crippen MR) is 87.0 cm³/mol. The Morgan fingerprint density at radius 1 is 1.24 bits per heavy atom. The van der Waals surface area contributed by atoms with Crippen molar-refractivity contribution in [1.29, 1.82) is 0 Å². The minimum absolute atomic E-state index is 0.0809. The second kappa shape index (κ2) is 6.28. The van der Waals surface area contributed by atoms with Crippen molar-refractivity contribution in [3.8, 4) is 0 Å². The number of benzene rings is 1. The average Bonchev–Trinajstić information content (AvgIpc) is 2.53. The van der Waals surface area contributed by atoms with E-state index in [4.69, 9.17) is 4.98 Å². The van der Waals surface area contributed by atoms with Crippen LogP contribution in [0.25, 0.3) is 10.9 Å². The van der Waals surface area contributed by atoms with Crippen LogP contribution >= 0.6 is 15.9 Å². The molecule has 2 heterocycles. The van der Waals surface area contributed by atoms with Gasteiger partial charge >= 0.3 is 0 Å². The lowest BCUT2D eigenvalue weighted by Gasteiger charge is -2.18. The largest absolute Gasteiger partial charge is 0.304 e. The number of hydrogen-bond acceptors (Lipinski definition) is 4. The molecule has 3 rings (SSSR count). The van der Waals surface area contributed by atoms with E-state index in [1.807, 2.05) is 18.2 Å². The van der Waals surface area contributed by atoms with E-state index >= 15 is 0 Å². The molecular weight excluding hydrogens is 328 g/mol. The molecule has 21 heavy (non-hydrogen) atoms. The maximum Gasteiger partial charge on any atom is 0.0952 e. The molecule has 0 aliphatic heterocycles. The quantitative estimate of drug-likeness (QED) is 0.788. The van der Waals surface area contributed by atoms with Crippen LogP contribution in [0.3, 0.4) is 0 Å². The first kappa shape index (κ1) is 14.1. The molecule has 1 N–H and O–H groups in total. The molecule has 3 aromatic rings. The first-order chi connectivity index (χ1) is 10.3. The second-order valence-electron chi connectivity index (χ2n) is 4.67. The molecule has 0 aliphatic carbocycles. The van der Waals surface area contributed by atoms with Crippen molar-refractivity contribution in [2.45, 2.75) is 13.0 Å². The highest BCUT2D eigenvalue weighted by molar-refractivity contribution is 9.10. The van der Waals surface area contributed by atoms with E-state index in [-0.39, 0.29) is 6.04 Å². The first-order valence-corrected chi connectivity index (χ1v) is 7.63. The monoisotopic (exact) mass is 342 g/mol. The molecule has 4 nitrogen and oxygen atoms in total. The summed E-state index contributed by atoms with van der Waals surface area (Å²) < 4.78 is 0.970. The zero-order chi connectivity index (χ0) is 14.7. The minimum atomic E-state index is -0.0809. The van der Waals surface area contributed by atoms with Gasteiger partial charge in [-0.1, -0.05) is 25.1 Å². The van der Waals surface area contributed by atoms with Gasteiger partial charge in [-0.3, -0.25) is 9.97 Å². The summed E-state index contributed by atoms with van der Waals surface area (Å²) in [7, 11) is 0. The van der Waals surface area contributed by atoms with E-state index in [2.05, 4.69) is 50.3 Å². The lowest BCUT2D eigenvalue weighted by atomic mass is 10.1. The van der Waals surface area contributed by atoms with Crippen LogP contribution in [0.2, 0.25) is 0 Å². The van der Waals surface area contributed by atoms with Crippen LogP contribution in [0.5, 0.6) is 0 Å². The van der Waals surface area contributed by atoms with E-state index in [1.165, 1.54) is 0 Å². The molecular formula is C16H15BrN4. The number of aromatic nitrogens is 3. The maximum absolute atomic E-state index is 4.79. The molecule has 0 radical (unpaired) electrons. The molecule has 0 bridgehead atoms. The van der Waals surface area contributed by atoms with Gasteiger partial charge < -0.3 is 5.32 Å². The van der Waals surface area contributed by atoms with Crippen LogP contribution in [0.4, 0.5) is 0 Å². The summed E-state index contributed by atoms with van der Waals surface area (Å²) in [5.41, 5.74) is 2.77. The number of nitrogens with zero attached hydrogens (tertiary/aromatic N) is 3. The normalized spacial score (nSPS) is 12.5. The molecule has 0 amide bonds. The first-order valence-electron chi connectivity index (χ1n) is 6.84. The zero-order valence-electron chi connectivity index (χ0n) is 11.6. The van der Waals surface area contributed by atoms with Gasteiger partial charge in [-0.15, -0.1) is 0 Å². The summed E-state index contributed by atoms with van der Waals surface area (Å²) in [5.74, 6) is 0. The number of fused-ring (bicyclic) bond motifs is 1. The van der Waals surface area contributed by atoms with Gasteiger partial charge in [0, 0.05) is 22.3 Å². The van der Waals surface area contributed by atoms with Crippen molar-refractivity contribution in [3.63, 3.8) is 0 Å². The molecule has 5 heteroatoms. The topological polar surface area (TPSA) is 50.7 Å². The third kappa shape index (κ3) is 2.94. The second-order valence-corrected chi connectivity index (χ2v) is 5.52. The van der Waals surface area contributed by atoms with Gasteiger partial charge in [-0.05, 0) is 34.6 Å². The number of rotatable bonds is 4. The Hall–Kier alpha value is -1.85. The van der Waals surface area contributed by atoms with Crippen LogP contribution in [0, 0.1) is 0 Å². The SMILES string of the molecule is CCNC(c1cnccn1)c1nc2ccccc2cc1Br. The molecule has 1 unspecified atom stereocenters. The summed E-state index contributed by atoms with van der Waals surface area (Å²) in [6.07, 6.45) is 5.15. The molecule has 0 spiro atoms. The number of halogens is 1. The third-order valence-electron chi connectivity index (χ3n) is 3.27. The highest BCUT2D eigenvalue weighted by Crippen LogP contribution is 2.28. The fourth-order valence-corrected chi connectivity index (χ4v) is 2.88. The summed E-state index contributed by atoms with van der Waals surface area (Å²) in [4.78, 5) is 13.4. The number of hydrogen-bond donors (Lipinski definition) is 1. The lowest BCUT2D eigenvalue weighted by molar-refractivity contribution is 0.598. The Labute approximate surface area is 131 Å². The van der Waals surface area contributed by atoms with Gasteiger partial charge in [0.15, 0.2) is 0 Å². The van der Waals surface area contributed by atoms with E-state index in [0.717, 1.165) is 33.3 Å². The number of nitrogens with one attached hydrogen (secondary N) is 1. The summed E-state index contributed by atoms with van der Waals surface area (Å²) in [6, 6.07) is 10.1. The van der Waals surface area contributed by atoms with Crippen LogP contribution < -0.4 is 5.32 Å². The van der Waals surface area contributed by atoms with Gasteiger partial charge in [0.25, 0.3) is 0 Å². The molecule has 106 valence electrons. The summed E-state index contributed by atoms with van der Waals surface area (Å²) in [6.45, 7) is 2.89. The van der Waals surface area contributed by atoms with Gasteiger partial charge in [0.05, 0.1) is 29.1 Å². The zero-order valence-corrected chi connectivity index (χ0v) is 13.2. The lowest BCUT2D eigenvalue weighted by Crippen LogP contribution is -2.24. The van der Waals surface area contributed by atoms with Crippen molar-refractivity contribution in [2.75, 3.05) is 6.54 Å². The maximum atomic E-state index is 4.79. The van der Waals surface area contributed by atoms with Crippen LogP contribution in [-0.2, 0) is 0 Å². The molecule has 1 aromatic carbocycles. The van der Waals surface area contributed by atoms with E-state index in [0.29, 0.717) is 0 Å². The Kier molecular flexibility index (Phi) is 4.22. The van der Waals surface area contributed by atoms with Crippen molar-refractivity contribution in [3.05, 3.63) is 64.8 Å². The van der Waals surface area contributed by atoms with E-state index in [9.17, 15) is 0 Å². The smallest absolute Gasteiger partial charge is 0.0952 e. The Morgan fingerprint density at radius 2 is 2.10 bits per heavy atom. The van der Waals surface area contributed by atoms with Gasteiger partial charge in [-0.2, -0.15) is 0 Å². The number of para-hydroxylation sites is 1. The highest BCUT2D eigenvalue weighted by Gasteiger charge is 2.19. The van der Waals surface area contributed by atoms with Gasteiger partial charge in [0.1, 0.15) is 0 Å². The summed E-state index contributed by atoms with van der Waals surface area (Å²) >= 11 is 3.63. The molecule has 1 atom stereocenters. The number of pyridine rings is 1. The van der Waals surface area contributed by atoms with Crippen molar-refractivity contribution < 1.29 is 0 Å². The Balaban J connectivity index is 2.13. The predicted octanol–water partition coefficient (Wildman–Crippen LogP) is 3.49.